The molecule has 0 heterocycles. The normalized spacial score (nSPS) is 9.83. The highest BCUT2D eigenvalue weighted by molar-refractivity contribution is 6.04. The van der Waals surface area contributed by atoms with Gasteiger partial charge < -0.3 is 4.81 Å². The number of hydrogen-bond donors (Lipinski definition) is 0. The molecule has 2 heteroatoms. The molecule has 0 amide bonds. The highest BCUT2D eigenvalue weighted by Crippen LogP contribution is 1.75. The molecule has 0 radical (unpaired) electrons. The monoisotopic (exact) mass is 85.1 g/mol. The van der Waals surface area contributed by atoms with Gasteiger partial charge in [-0.3, -0.25) is 0 Å². The molecule has 0 aromatic carbocycles. The predicted molar refractivity (Wildman–Crippen MR) is 31.5 cm³/mol. The average Bonchev–Trinajstić information content (AvgIpc) is 1.35. The fraction of sp³-hybridized carbons (Fsp3) is 1.00. The zero-order valence-electron chi connectivity index (χ0n) is 4.86. The molecule has 0 N–H and O–H groups in total. The van der Waals surface area contributed by atoms with E-state index in [1.54, 1.807) is 0 Å². The minimum atomic E-state index is 1.21. The van der Waals surface area contributed by atoms with Crippen LogP contribution in [0.3, 0.4) is 0 Å². The lowest BCUT2D eigenvalue weighted by atomic mass is 10.3. The fourth-order valence-electron chi connectivity index (χ4n) is 0.447. The summed E-state index contributed by atoms with van der Waals surface area (Å²) in [7, 11) is 4.17. The van der Waals surface area contributed by atoms with Gasteiger partial charge in [-0.2, -0.15) is 0 Å². The summed E-state index contributed by atoms with van der Waals surface area (Å²) in [5.41, 5.74) is 0. The van der Waals surface area contributed by atoms with E-state index in [4.69, 9.17) is 0 Å². The molecule has 0 rings (SSSR count). The summed E-state index contributed by atoms with van der Waals surface area (Å²) in [6.07, 6.45) is 1.26. The Hall–Kier alpha value is 0.0249. The predicted octanol–water partition coefficient (Wildman–Crippen LogP) is -0.124. The second-order valence-corrected chi connectivity index (χ2v) is 1.80. The van der Waals surface area contributed by atoms with Crippen LogP contribution in [-0.4, -0.2) is 26.4 Å². The Kier molecular flexibility index (Phi) is 3.24. The molecular weight excluding hydrogens is 72.9 g/mol. The van der Waals surface area contributed by atoms with Gasteiger partial charge in [-0.05, 0) is 20.0 Å². The molecule has 0 spiro atoms. The van der Waals surface area contributed by atoms with Crippen molar-refractivity contribution in [2.24, 2.45) is 0 Å². The summed E-state index contributed by atoms with van der Waals surface area (Å²) in [4.78, 5) is 2.18. The van der Waals surface area contributed by atoms with Crippen molar-refractivity contribution in [3.8, 4) is 0 Å². The van der Waals surface area contributed by atoms with E-state index in [2.05, 4.69) is 26.8 Å². The molecule has 0 unspecified atom stereocenters. The molecule has 0 bridgehead atoms. The van der Waals surface area contributed by atoms with Crippen LogP contribution in [0, 0.1) is 0 Å². The highest BCUT2D eigenvalue weighted by atomic mass is 15.0. The first-order valence-electron chi connectivity index (χ1n) is 2.42. The van der Waals surface area contributed by atoms with Crippen LogP contribution in [0.1, 0.15) is 13.3 Å². The van der Waals surface area contributed by atoms with Gasteiger partial charge in [0.15, 0.2) is 7.98 Å². The first-order valence-corrected chi connectivity index (χ1v) is 2.42. The smallest absolute Gasteiger partial charge is 0.185 e. The maximum Gasteiger partial charge on any atom is 0.185 e. The van der Waals surface area contributed by atoms with Gasteiger partial charge in [0.1, 0.15) is 0 Å². The Labute approximate surface area is 40.8 Å². The molecule has 0 saturated heterocycles. The molecule has 36 valence electrons. The standard InChI is InChI=1S/C4H12BN/c1-3-4-6(2)5/h3-5H2,1-2H3. The molecule has 1 nitrogen and oxygen atoms in total. The van der Waals surface area contributed by atoms with E-state index >= 15 is 0 Å². The molecule has 0 aliphatic carbocycles. The van der Waals surface area contributed by atoms with Crippen molar-refractivity contribution in [3.05, 3.63) is 0 Å². The van der Waals surface area contributed by atoms with Gasteiger partial charge in [0.2, 0.25) is 0 Å². The summed E-state index contributed by atoms with van der Waals surface area (Å²) >= 11 is 0. The molecular formula is C4H12BN. The maximum atomic E-state index is 2.18. The SMILES string of the molecule is BN(C)CCC. The third-order valence-corrected chi connectivity index (χ3v) is 0.671. The van der Waals surface area contributed by atoms with Crippen molar-refractivity contribution >= 4 is 7.98 Å². The van der Waals surface area contributed by atoms with E-state index < -0.39 is 0 Å². The van der Waals surface area contributed by atoms with Crippen LogP contribution in [0.2, 0.25) is 0 Å². The molecule has 0 aromatic heterocycles. The van der Waals surface area contributed by atoms with Crippen LogP contribution in [0.15, 0.2) is 0 Å². The van der Waals surface area contributed by atoms with Crippen molar-refractivity contribution < 1.29 is 0 Å². The van der Waals surface area contributed by atoms with Crippen molar-refractivity contribution in [3.63, 3.8) is 0 Å². The van der Waals surface area contributed by atoms with E-state index in [1.165, 1.54) is 13.0 Å². The Bertz CT molecular complexity index is 28.7. The number of hydrogen-bond acceptors (Lipinski definition) is 1. The minimum Gasteiger partial charge on any atom is -0.351 e. The molecule has 0 fully saturated rings. The van der Waals surface area contributed by atoms with E-state index in [0.29, 0.717) is 0 Å². The van der Waals surface area contributed by atoms with Crippen molar-refractivity contribution in [2.75, 3.05) is 13.6 Å². The van der Waals surface area contributed by atoms with Crippen molar-refractivity contribution in [1.82, 2.24) is 4.81 Å². The molecule has 0 aliphatic heterocycles. The Morgan fingerprint density at radius 1 is 1.67 bits per heavy atom. The minimum absolute atomic E-state index is 1.21. The lowest BCUT2D eigenvalue weighted by molar-refractivity contribution is 0.541. The van der Waals surface area contributed by atoms with Crippen LogP contribution in [-0.2, 0) is 0 Å². The first-order chi connectivity index (χ1) is 2.77. The summed E-state index contributed by atoms with van der Waals surface area (Å²) in [6, 6.07) is 0. The topological polar surface area (TPSA) is 3.24 Å². The third kappa shape index (κ3) is 4.02. The lowest BCUT2D eigenvalue weighted by Gasteiger charge is -2.04. The van der Waals surface area contributed by atoms with E-state index in [9.17, 15) is 0 Å². The Balaban J connectivity index is 2.63. The third-order valence-electron chi connectivity index (χ3n) is 0.671. The molecule has 0 aromatic rings. The first kappa shape index (κ1) is 6.02. The van der Waals surface area contributed by atoms with Crippen LogP contribution < -0.4 is 0 Å². The highest BCUT2D eigenvalue weighted by Gasteiger charge is 1.79. The number of nitrogens with zero attached hydrogens (tertiary/aromatic N) is 1. The zero-order chi connectivity index (χ0) is 4.99. The second kappa shape index (κ2) is 3.22. The quantitative estimate of drug-likeness (QED) is 0.422. The van der Waals surface area contributed by atoms with E-state index in [0.717, 1.165) is 0 Å². The molecule has 0 atom stereocenters. The van der Waals surface area contributed by atoms with E-state index in [-0.39, 0.29) is 0 Å². The number of rotatable bonds is 2. The fourth-order valence-corrected chi connectivity index (χ4v) is 0.447. The summed E-state index contributed by atoms with van der Waals surface area (Å²) in [5, 5.41) is 0. The summed E-state index contributed by atoms with van der Waals surface area (Å²) in [5.74, 6) is 0. The van der Waals surface area contributed by atoms with Crippen LogP contribution in [0.25, 0.3) is 0 Å². The van der Waals surface area contributed by atoms with Gasteiger partial charge in [0.25, 0.3) is 0 Å². The summed E-state index contributed by atoms with van der Waals surface area (Å²) in [6.45, 7) is 3.39. The zero-order valence-corrected chi connectivity index (χ0v) is 4.86. The van der Waals surface area contributed by atoms with Gasteiger partial charge in [0, 0.05) is 0 Å². The van der Waals surface area contributed by atoms with Crippen molar-refractivity contribution in [1.29, 1.82) is 0 Å². The molecule has 0 saturated carbocycles. The largest absolute Gasteiger partial charge is 0.351 e. The second-order valence-electron chi connectivity index (χ2n) is 1.80. The molecule has 6 heavy (non-hydrogen) atoms. The van der Waals surface area contributed by atoms with Gasteiger partial charge >= 0.3 is 0 Å². The lowest BCUT2D eigenvalue weighted by Crippen LogP contribution is -2.13. The van der Waals surface area contributed by atoms with Gasteiger partial charge in [-0.15, -0.1) is 0 Å². The molecule has 0 aliphatic rings. The van der Waals surface area contributed by atoms with Crippen LogP contribution in [0.5, 0.6) is 0 Å². The van der Waals surface area contributed by atoms with Crippen LogP contribution >= 0.6 is 0 Å². The van der Waals surface area contributed by atoms with Gasteiger partial charge in [0.05, 0.1) is 0 Å². The Morgan fingerprint density at radius 2 is 2.17 bits per heavy atom. The van der Waals surface area contributed by atoms with Crippen molar-refractivity contribution in [2.45, 2.75) is 13.3 Å². The van der Waals surface area contributed by atoms with Gasteiger partial charge in [-0.1, -0.05) is 6.92 Å². The summed E-state index contributed by atoms with van der Waals surface area (Å²) < 4.78 is 0. The Morgan fingerprint density at radius 3 is 2.17 bits per heavy atom. The van der Waals surface area contributed by atoms with Gasteiger partial charge in [-0.25, -0.2) is 0 Å². The maximum absolute atomic E-state index is 2.18. The van der Waals surface area contributed by atoms with E-state index in [1.807, 2.05) is 0 Å². The van der Waals surface area contributed by atoms with Crippen LogP contribution in [0.4, 0.5) is 0 Å². The average molecular weight is 85.0 g/mol.